The van der Waals surface area contributed by atoms with E-state index in [4.69, 9.17) is 0 Å². The van der Waals surface area contributed by atoms with Gasteiger partial charge in [-0.2, -0.15) is 0 Å². The highest BCUT2D eigenvalue weighted by molar-refractivity contribution is 6.10. The van der Waals surface area contributed by atoms with Crippen molar-refractivity contribution in [1.29, 1.82) is 0 Å². The van der Waals surface area contributed by atoms with Gasteiger partial charge in [0.25, 0.3) is 0 Å². The van der Waals surface area contributed by atoms with E-state index < -0.39 is 0 Å². The first-order valence-electron chi connectivity index (χ1n) is 7.86. The third kappa shape index (κ3) is 2.50. The first kappa shape index (κ1) is 14.4. The summed E-state index contributed by atoms with van der Waals surface area (Å²) in [5.41, 5.74) is 5.44. The molecule has 4 rings (SSSR count). The van der Waals surface area contributed by atoms with Crippen LogP contribution < -0.4 is 0 Å². The quantitative estimate of drug-likeness (QED) is 0.554. The smallest absolute Gasteiger partial charge is 0.193 e. The third-order valence-corrected chi connectivity index (χ3v) is 4.19. The van der Waals surface area contributed by atoms with E-state index in [1.807, 2.05) is 55.6 Å². The second kappa shape index (κ2) is 5.78. The number of pyridine rings is 1. The molecule has 2 heterocycles. The molecule has 0 radical (unpaired) electrons. The van der Waals surface area contributed by atoms with Crippen molar-refractivity contribution in [1.82, 2.24) is 9.97 Å². The third-order valence-electron chi connectivity index (χ3n) is 4.19. The number of hydrogen-bond donors (Lipinski definition) is 1. The number of fused-ring (bicyclic) bond motifs is 1. The summed E-state index contributed by atoms with van der Waals surface area (Å²) in [7, 11) is 0. The van der Waals surface area contributed by atoms with Crippen LogP contribution in [0.15, 0.2) is 73.1 Å². The maximum atomic E-state index is 12.8. The molecule has 0 saturated heterocycles. The minimum Gasteiger partial charge on any atom is -0.361 e. The van der Waals surface area contributed by atoms with Gasteiger partial charge in [-0.15, -0.1) is 0 Å². The summed E-state index contributed by atoms with van der Waals surface area (Å²) in [5, 5.41) is 1.15. The van der Waals surface area contributed by atoms with Gasteiger partial charge in [-0.05, 0) is 48.4 Å². The average Bonchev–Trinajstić information content (AvgIpc) is 3.10. The second-order valence-corrected chi connectivity index (χ2v) is 5.84. The van der Waals surface area contributed by atoms with Crippen LogP contribution in [0.1, 0.15) is 21.6 Å². The van der Waals surface area contributed by atoms with Crippen LogP contribution in [0.4, 0.5) is 0 Å². The number of aryl methyl sites for hydroxylation is 1. The van der Waals surface area contributed by atoms with Gasteiger partial charge in [0.05, 0.1) is 0 Å². The van der Waals surface area contributed by atoms with E-state index in [9.17, 15) is 4.79 Å². The fourth-order valence-electron chi connectivity index (χ4n) is 3.02. The Kier molecular flexibility index (Phi) is 3.47. The van der Waals surface area contributed by atoms with Crippen molar-refractivity contribution in [3.8, 4) is 11.1 Å². The number of carbonyl (C=O) groups excluding carboxylic acids is 1. The summed E-state index contributed by atoms with van der Waals surface area (Å²) < 4.78 is 0. The zero-order chi connectivity index (χ0) is 16.5. The fraction of sp³-hybridized carbons (Fsp3) is 0.0476. The van der Waals surface area contributed by atoms with E-state index in [1.54, 1.807) is 12.3 Å². The molecular weight excluding hydrogens is 296 g/mol. The number of ketones is 1. The van der Waals surface area contributed by atoms with Crippen LogP contribution in [0.5, 0.6) is 0 Å². The number of aromatic nitrogens is 2. The van der Waals surface area contributed by atoms with E-state index in [1.165, 1.54) is 0 Å². The van der Waals surface area contributed by atoms with Crippen molar-refractivity contribution in [3.63, 3.8) is 0 Å². The second-order valence-electron chi connectivity index (χ2n) is 5.84. The molecule has 24 heavy (non-hydrogen) atoms. The Balaban J connectivity index is 1.79. The topological polar surface area (TPSA) is 45.8 Å². The van der Waals surface area contributed by atoms with Crippen molar-refractivity contribution in [2.75, 3.05) is 0 Å². The Bertz CT molecular complexity index is 1050. The van der Waals surface area contributed by atoms with Crippen molar-refractivity contribution in [2.45, 2.75) is 6.92 Å². The largest absolute Gasteiger partial charge is 0.361 e. The molecule has 0 aliphatic rings. The molecule has 0 saturated carbocycles. The van der Waals surface area contributed by atoms with Crippen molar-refractivity contribution in [2.24, 2.45) is 0 Å². The minimum atomic E-state index is 0.0172. The first-order chi connectivity index (χ1) is 11.7. The van der Waals surface area contributed by atoms with E-state index in [-0.39, 0.29) is 5.78 Å². The highest BCUT2D eigenvalue weighted by Gasteiger charge is 2.11. The summed E-state index contributed by atoms with van der Waals surface area (Å²) >= 11 is 0. The minimum absolute atomic E-state index is 0.0172. The number of aromatic amines is 1. The average molecular weight is 312 g/mol. The molecule has 0 spiro atoms. The maximum absolute atomic E-state index is 12.8. The Labute approximate surface area is 140 Å². The van der Waals surface area contributed by atoms with Crippen LogP contribution in [0.2, 0.25) is 0 Å². The number of benzene rings is 2. The predicted octanol–water partition coefficient (Wildman–Crippen LogP) is 4.77. The number of rotatable bonds is 3. The number of H-pyrrole nitrogens is 1. The lowest BCUT2D eigenvalue weighted by molar-refractivity contribution is 0.103. The van der Waals surface area contributed by atoms with Gasteiger partial charge in [-0.3, -0.25) is 9.78 Å². The highest BCUT2D eigenvalue weighted by Crippen LogP contribution is 2.29. The molecule has 1 N–H and O–H groups in total. The summed E-state index contributed by atoms with van der Waals surface area (Å²) in [6.07, 6.45) is 3.61. The normalized spacial score (nSPS) is 10.9. The van der Waals surface area contributed by atoms with E-state index in [2.05, 4.69) is 22.1 Å². The van der Waals surface area contributed by atoms with Gasteiger partial charge in [0.2, 0.25) is 0 Å². The van der Waals surface area contributed by atoms with E-state index >= 15 is 0 Å². The molecule has 0 aliphatic heterocycles. The molecular formula is C21H16N2O. The van der Waals surface area contributed by atoms with Crippen LogP contribution >= 0.6 is 0 Å². The molecule has 0 unspecified atom stereocenters. The number of hydrogen-bond acceptors (Lipinski definition) is 2. The molecule has 0 amide bonds. The zero-order valence-corrected chi connectivity index (χ0v) is 13.3. The molecule has 2 aromatic heterocycles. The lowest BCUT2D eigenvalue weighted by Gasteiger charge is -2.07. The molecule has 3 nitrogen and oxygen atoms in total. The van der Waals surface area contributed by atoms with Crippen LogP contribution in [0, 0.1) is 6.92 Å². The standard InChI is InChI=1S/C21H16N2O/c1-14-12-17(8-10-22-14)21(24)16-5-2-4-15(13-16)18-6-3-7-20-19(18)9-11-23-20/h2-13,23H,1H3. The Morgan fingerprint density at radius 1 is 0.958 bits per heavy atom. The summed E-state index contributed by atoms with van der Waals surface area (Å²) in [6, 6.07) is 19.6. The van der Waals surface area contributed by atoms with Gasteiger partial charge in [0.15, 0.2) is 5.78 Å². The lowest BCUT2D eigenvalue weighted by Crippen LogP contribution is -2.02. The fourth-order valence-corrected chi connectivity index (χ4v) is 3.02. The van der Waals surface area contributed by atoms with Gasteiger partial charge < -0.3 is 4.98 Å². The molecule has 3 heteroatoms. The first-order valence-corrected chi connectivity index (χ1v) is 7.86. The molecule has 116 valence electrons. The Morgan fingerprint density at radius 3 is 2.67 bits per heavy atom. The van der Waals surface area contributed by atoms with Gasteiger partial charge >= 0.3 is 0 Å². The monoisotopic (exact) mass is 312 g/mol. The maximum Gasteiger partial charge on any atom is 0.193 e. The van der Waals surface area contributed by atoms with Gasteiger partial charge in [-0.1, -0.05) is 30.3 Å². The van der Waals surface area contributed by atoms with Crippen LogP contribution in [-0.2, 0) is 0 Å². The van der Waals surface area contributed by atoms with Gasteiger partial charge in [-0.25, -0.2) is 0 Å². The Morgan fingerprint density at radius 2 is 1.79 bits per heavy atom. The Hall–Kier alpha value is -3.20. The molecule has 0 atom stereocenters. The SMILES string of the molecule is Cc1cc(C(=O)c2cccc(-c3cccc4[nH]ccc34)c2)ccn1. The van der Waals surface area contributed by atoms with Crippen molar-refractivity contribution >= 4 is 16.7 Å². The number of nitrogens with zero attached hydrogens (tertiary/aromatic N) is 1. The lowest BCUT2D eigenvalue weighted by atomic mass is 9.96. The molecule has 2 aromatic carbocycles. The zero-order valence-electron chi connectivity index (χ0n) is 13.3. The highest BCUT2D eigenvalue weighted by atomic mass is 16.1. The summed E-state index contributed by atoms with van der Waals surface area (Å²) in [4.78, 5) is 20.1. The summed E-state index contributed by atoms with van der Waals surface area (Å²) in [5.74, 6) is 0.0172. The van der Waals surface area contributed by atoms with Crippen molar-refractivity contribution in [3.05, 3.63) is 89.9 Å². The van der Waals surface area contributed by atoms with E-state index in [0.29, 0.717) is 11.1 Å². The molecule has 0 bridgehead atoms. The number of carbonyl (C=O) groups is 1. The molecule has 0 aliphatic carbocycles. The van der Waals surface area contributed by atoms with Crippen molar-refractivity contribution < 1.29 is 4.79 Å². The predicted molar refractivity (Wildman–Crippen MR) is 96.1 cm³/mol. The van der Waals surface area contributed by atoms with E-state index in [0.717, 1.165) is 27.7 Å². The van der Waals surface area contributed by atoms with Gasteiger partial charge in [0.1, 0.15) is 0 Å². The van der Waals surface area contributed by atoms with Gasteiger partial charge in [0, 0.05) is 40.1 Å². The van der Waals surface area contributed by atoms with Crippen LogP contribution in [-0.4, -0.2) is 15.8 Å². The molecule has 0 fully saturated rings. The molecule has 4 aromatic rings. The van der Waals surface area contributed by atoms with Crippen LogP contribution in [0.25, 0.3) is 22.0 Å². The number of nitrogens with one attached hydrogen (secondary N) is 1. The summed E-state index contributed by atoms with van der Waals surface area (Å²) in [6.45, 7) is 1.89. The van der Waals surface area contributed by atoms with Crippen LogP contribution in [0.3, 0.4) is 0 Å².